The topological polar surface area (TPSA) is 152 Å². The third-order valence-electron chi connectivity index (χ3n) is 8.01. The lowest BCUT2D eigenvalue weighted by molar-refractivity contribution is 0.507. The van der Waals surface area contributed by atoms with Gasteiger partial charge in [0.1, 0.15) is 27.5 Å². The van der Waals surface area contributed by atoms with E-state index in [1.165, 1.54) is 6.07 Å². The number of H-pyrrole nitrogens is 2. The Morgan fingerprint density at radius 1 is 0.522 bits per heavy atom. The zero-order chi connectivity index (χ0) is 31.0. The van der Waals surface area contributed by atoms with Crippen LogP contribution in [0.1, 0.15) is 0 Å². The van der Waals surface area contributed by atoms with Gasteiger partial charge >= 0.3 is 14.6 Å². The van der Waals surface area contributed by atoms with Gasteiger partial charge in [0, 0.05) is 43.8 Å². The van der Waals surface area contributed by atoms with Crippen LogP contribution < -0.4 is 0 Å². The molecule has 0 saturated heterocycles. The Kier molecular flexibility index (Phi) is 6.08. The van der Waals surface area contributed by atoms with Crippen LogP contribution in [0, 0.1) is 0 Å². The van der Waals surface area contributed by atoms with E-state index in [1.807, 2.05) is 72.8 Å². The molecule has 0 unspecified atom stereocenters. The highest BCUT2D eigenvalue weighted by molar-refractivity contribution is 7.88. The van der Waals surface area contributed by atoms with E-state index >= 15 is 0 Å². The number of nitrogens with one attached hydrogen (secondary N) is 2. The minimum atomic E-state index is -4.19. The van der Waals surface area contributed by atoms with Crippen molar-refractivity contribution in [2.24, 2.45) is 0 Å². The number of rotatable bonds is 3. The van der Waals surface area contributed by atoms with Gasteiger partial charge in [0.15, 0.2) is 23.3 Å². The van der Waals surface area contributed by atoms with Gasteiger partial charge in [-0.1, -0.05) is 84.9 Å². The van der Waals surface area contributed by atoms with Crippen molar-refractivity contribution in [3.63, 3.8) is 0 Å². The summed E-state index contributed by atoms with van der Waals surface area (Å²) in [6.07, 6.45) is 0. The molecule has 0 fully saturated rings. The molecule has 4 aromatic carbocycles. The average Bonchev–Trinajstić information content (AvgIpc) is 3.80. The third-order valence-corrected chi connectivity index (χ3v) is 11.3. The molecule has 220 valence electrons. The van der Waals surface area contributed by atoms with E-state index in [2.05, 4.69) is 9.97 Å². The lowest BCUT2D eigenvalue weighted by Gasteiger charge is -2.05. The molecule has 7 aromatic rings. The van der Waals surface area contributed by atoms with Crippen LogP contribution in [-0.4, -0.2) is 62.9 Å². The van der Waals surface area contributed by atoms with Gasteiger partial charge < -0.3 is 13.2 Å². The van der Waals surface area contributed by atoms with Crippen molar-refractivity contribution < 1.29 is 11.7 Å². The van der Waals surface area contributed by atoms with E-state index in [9.17, 15) is 8.42 Å². The number of fused-ring (bicyclic) bond motifs is 20. The Bertz CT molecular complexity index is 2710. The maximum Gasteiger partial charge on any atom is 0.584 e. The molecule has 0 atom stereocenters. The van der Waals surface area contributed by atoms with Crippen LogP contribution >= 0.6 is 10.0 Å². The van der Waals surface area contributed by atoms with E-state index < -0.39 is 24.7 Å². The van der Waals surface area contributed by atoms with Crippen molar-refractivity contribution in [3.8, 4) is 45.6 Å². The lowest BCUT2D eigenvalue weighted by atomic mass is 10.1. The van der Waals surface area contributed by atoms with Crippen LogP contribution in [0.4, 0.5) is 0 Å². The SMILES string of the molecule is O=S(=O)([O][AlH][Cl])c1cccc2c3nc4nc(nc5[nH]c(nc6nc(nc([nH]3)c12)-c1ccccc1-6)c1ccccc51)-c1ccccc1-4. The second-order valence-corrected chi connectivity index (χ2v) is 13.8. The minimum absolute atomic E-state index is 0.0747. The molecule has 3 aromatic heterocycles. The summed E-state index contributed by atoms with van der Waals surface area (Å²) in [7, 11) is 1.65. The van der Waals surface area contributed by atoms with E-state index in [-0.39, 0.29) is 10.5 Å². The quantitative estimate of drug-likeness (QED) is 0.216. The van der Waals surface area contributed by atoms with Gasteiger partial charge in [0.25, 0.3) is 10.1 Å². The highest BCUT2D eigenvalue weighted by atomic mass is 35.6. The number of nitrogens with zero attached hydrogens (tertiary/aromatic N) is 6. The van der Waals surface area contributed by atoms with Crippen LogP contribution in [0.2, 0.25) is 0 Å². The van der Waals surface area contributed by atoms with Gasteiger partial charge in [-0.15, -0.1) is 0 Å². The predicted molar refractivity (Wildman–Crippen MR) is 177 cm³/mol. The third kappa shape index (κ3) is 4.18. The Hall–Kier alpha value is -5.03. The highest BCUT2D eigenvalue weighted by Gasteiger charge is 2.25. The van der Waals surface area contributed by atoms with Crippen molar-refractivity contribution in [2.45, 2.75) is 4.90 Å². The first-order chi connectivity index (χ1) is 22.5. The molecule has 8 bridgehead atoms. The Morgan fingerprint density at radius 3 is 1.43 bits per heavy atom. The number of halogens is 1. The summed E-state index contributed by atoms with van der Waals surface area (Å²) in [5.41, 5.74) is 4.89. The van der Waals surface area contributed by atoms with Gasteiger partial charge in [0.05, 0.1) is 0 Å². The first-order valence-electron chi connectivity index (χ1n) is 14.2. The minimum Gasteiger partial charge on any atom is -0.379 e. The number of benzene rings is 4. The molecule has 2 N–H and O–H groups in total. The number of hydrogen-bond donors (Lipinski definition) is 2. The summed E-state index contributed by atoms with van der Waals surface area (Å²) in [5, 5.41) is 2.56. The van der Waals surface area contributed by atoms with Crippen LogP contribution in [0.3, 0.4) is 0 Å². The molecule has 9 rings (SSSR count). The molecule has 46 heavy (non-hydrogen) atoms. The predicted octanol–water partition coefficient (Wildman–Crippen LogP) is 6.08. The van der Waals surface area contributed by atoms with Gasteiger partial charge in [-0.05, 0) is 6.07 Å². The summed E-state index contributed by atoms with van der Waals surface area (Å²) in [4.78, 5) is 36.1. The van der Waals surface area contributed by atoms with Crippen molar-refractivity contribution >= 4 is 78.9 Å². The van der Waals surface area contributed by atoms with Gasteiger partial charge in [-0.25, -0.2) is 40.0 Å². The number of hydrogen-bond acceptors (Lipinski definition) is 9. The van der Waals surface area contributed by atoms with Crippen LogP contribution in [0.5, 0.6) is 0 Å². The molecule has 0 spiro atoms. The molecule has 5 heterocycles. The second-order valence-electron chi connectivity index (χ2n) is 10.6. The zero-order valence-electron chi connectivity index (χ0n) is 23.6. The maximum absolute atomic E-state index is 13.3. The smallest absolute Gasteiger partial charge is 0.379 e. The van der Waals surface area contributed by atoms with E-state index in [4.69, 9.17) is 43.2 Å². The molecule has 2 aliphatic rings. The number of aromatic nitrogens is 8. The molecule has 0 amide bonds. The van der Waals surface area contributed by atoms with Crippen LogP contribution in [0.25, 0.3) is 89.7 Å². The molecule has 14 heteroatoms. The fraction of sp³-hybridized carbons (Fsp3) is 0. The molecule has 0 aliphatic carbocycles. The molecule has 11 nitrogen and oxygen atoms in total. The summed E-state index contributed by atoms with van der Waals surface area (Å²) in [6.45, 7) is 0. The Morgan fingerprint density at radius 2 is 0.935 bits per heavy atom. The van der Waals surface area contributed by atoms with Gasteiger partial charge in [0.2, 0.25) is 0 Å². The van der Waals surface area contributed by atoms with E-state index in [0.717, 1.165) is 33.0 Å². The molecular formula is C32H18AlClN8O3S. The maximum atomic E-state index is 13.3. The summed E-state index contributed by atoms with van der Waals surface area (Å²) in [6, 6.07) is 28.1. The van der Waals surface area contributed by atoms with Crippen LogP contribution in [-0.2, 0) is 13.4 Å². The molecule has 2 aliphatic heterocycles. The average molecular weight is 657 g/mol. The van der Waals surface area contributed by atoms with Crippen molar-refractivity contribution in [3.05, 3.63) is 91.0 Å². The second kappa shape index (κ2) is 10.2. The van der Waals surface area contributed by atoms with Crippen molar-refractivity contribution in [1.82, 2.24) is 39.9 Å². The van der Waals surface area contributed by atoms with Gasteiger partial charge in [-0.3, -0.25) is 0 Å². The highest BCUT2D eigenvalue weighted by Crippen LogP contribution is 2.37. The van der Waals surface area contributed by atoms with E-state index in [1.54, 1.807) is 12.1 Å². The Labute approximate surface area is 270 Å². The molecular weight excluding hydrogens is 639 g/mol. The number of aromatic amines is 2. The first kappa shape index (κ1) is 27.3. The monoisotopic (exact) mass is 656 g/mol. The largest absolute Gasteiger partial charge is 0.584 e. The first-order valence-corrected chi connectivity index (χ1v) is 18.3. The molecule has 0 radical (unpaired) electrons. The summed E-state index contributed by atoms with van der Waals surface area (Å²) >= 11 is -1.82. The van der Waals surface area contributed by atoms with Crippen molar-refractivity contribution in [2.75, 3.05) is 0 Å². The summed E-state index contributed by atoms with van der Waals surface area (Å²) in [5.74, 6) is 1.69. The van der Waals surface area contributed by atoms with E-state index in [0.29, 0.717) is 51.0 Å². The van der Waals surface area contributed by atoms with Gasteiger partial charge in [-0.2, -0.15) is 8.42 Å². The molecule has 0 saturated carbocycles. The summed E-state index contributed by atoms with van der Waals surface area (Å²) < 4.78 is 31.7. The fourth-order valence-corrected chi connectivity index (χ4v) is 8.72. The normalized spacial score (nSPS) is 12.3. The van der Waals surface area contributed by atoms with Crippen molar-refractivity contribution in [1.29, 1.82) is 0 Å². The standard InChI is InChI=1S/C32H18N8O3S.Al.ClH.H/c41-44(42,43)23-15-7-14-22-24(23)32-39-30-21-13-6-5-12-20(21)28(37-30)35-26-17-9-2-1-8-16(17)25(33-26)34-27-18-10-3-4-11-19(18)29(36-27)38-31(22)40-32;;;/h1-15H,(H,41,42,43)(H2,33,34,35,36,37,38,39,40);;1H;/q;+2;;/p-2. The zero-order valence-corrected chi connectivity index (χ0v) is 26.5. The fourth-order valence-electron chi connectivity index (χ4n) is 5.99. The lowest BCUT2D eigenvalue weighted by Crippen LogP contribution is -2.07. The Balaban J connectivity index is 1.51. The van der Waals surface area contributed by atoms with Crippen LogP contribution in [0.15, 0.2) is 95.9 Å².